The Bertz CT molecular complexity index is 205. The Labute approximate surface area is 79.0 Å². The van der Waals surface area contributed by atoms with Crippen LogP contribution in [0.25, 0.3) is 0 Å². The van der Waals surface area contributed by atoms with Crippen LogP contribution >= 0.6 is 0 Å². The van der Waals surface area contributed by atoms with E-state index < -0.39 is 0 Å². The molecule has 2 heterocycles. The largest absolute Gasteiger partial charge is 0.468 e. The summed E-state index contributed by atoms with van der Waals surface area (Å²) >= 11 is 0. The van der Waals surface area contributed by atoms with Crippen LogP contribution in [0.4, 0.5) is 0 Å². The van der Waals surface area contributed by atoms with Crippen LogP contribution < -0.4 is 0 Å². The molecule has 0 saturated carbocycles. The molecule has 74 valence electrons. The number of hydrogen-bond acceptors (Lipinski definition) is 3. The van der Waals surface area contributed by atoms with Crippen molar-refractivity contribution in [2.75, 3.05) is 13.7 Å². The number of rotatable bonds is 1. The van der Waals surface area contributed by atoms with Gasteiger partial charge in [0.05, 0.1) is 7.11 Å². The lowest BCUT2D eigenvalue weighted by atomic mass is 9.97. The summed E-state index contributed by atoms with van der Waals surface area (Å²) in [5.74, 6) is -0.0356. The number of methoxy groups -OCH3 is 1. The maximum absolute atomic E-state index is 11.4. The maximum atomic E-state index is 11.4. The van der Waals surface area contributed by atoms with E-state index in [9.17, 15) is 4.79 Å². The summed E-state index contributed by atoms with van der Waals surface area (Å²) in [4.78, 5) is 13.8. The molecule has 0 aromatic heterocycles. The molecule has 0 N–H and O–H groups in total. The highest BCUT2D eigenvalue weighted by atomic mass is 16.5. The van der Waals surface area contributed by atoms with E-state index in [0.29, 0.717) is 6.04 Å². The lowest BCUT2D eigenvalue weighted by Gasteiger charge is -2.35. The highest BCUT2D eigenvalue weighted by Gasteiger charge is 2.37. The lowest BCUT2D eigenvalue weighted by Crippen LogP contribution is -2.47. The Morgan fingerprint density at radius 3 is 2.85 bits per heavy atom. The van der Waals surface area contributed by atoms with Crippen molar-refractivity contribution in [3.8, 4) is 0 Å². The van der Waals surface area contributed by atoms with E-state index in [1.165, 1.54) is 32.8 Å². The third kappa shape index (κ3) is 1.57. The predicted octanol–water partition coefficient (Wildman–Crippen LogP) is 1.18. The van der Waals surface area contributed by atoms with Gasteiger partial charge in [-0.3, -0.25) is 9.69 Å². The van der Waals surface area contributed by atoms with Gasteiger partial charge in [0.15, 0.2) is 0 Å². The second kappa shape index (κ2) is 3.66. The average molecular weight is 183 g/mol. The Morgan fingerprint density at radius 1 is 1.31 bits per heavy atom. The Morgan fingerprint density at radius 2 is 2.08 bits per heavy atom. The van der Waals surface area contributed by atoms with Crippen molar-refractivity contribution < 1.29 is 9.53 Å². The zero-order valence-corrected chi connectivity index (χ0v) is 8.16. The van der Waals surface area contributed by atoms with E-state index in [1.54, 1.807) is 0 Å². The lowest BCUT2D eigenvalue weighted by molar-refractivity contribution is -0.148. The van der Waals surface area contributed by atoms with E-state index >= 15 is 0 Å². The quantitative estimate of drug-likeness (QED) is 0.572. The first-order valence-electron chi connectivity index (χ1n) is 5.16. The fourth-order valence-electron chi connectivity index (χ4n) is 2.68. The van der Waals surface area contributed by atoms with E-state index in [1.807, 2.05) is 0 Å². The second-order valence-electron chi connectivity index (χ2n) is 4.00. The highest BCUT2D eigenvalue weighted by Crippen LogP contribution is 2.31. The Balaban J connectivity index is 2.05. The van der Waals surface area contributed by atoms with Gasteiger partial charge in [0.1, 0.15) is 6.04 Å². The monoisotopic (exact) mass is 183 g/mol. The molecule has 0 aromatic carbocycles. The number of fused-ring (bicyclic) bond motifs is 1. The van der Waals surface area contributed by atoms with Gasteiger partial charge in [-0.05, 0) is 38.6 Å². The Hall–Kier alpha value is -0.570. The number of carbonyl (C=O) groups is 1. The zero-order valence-electron chi connectivity index (χ0n) is 8.16. The predicted molar refractivity (Wildman–Crippen MR) is 49.4 cm³/mol. The Kier molecular flexibility index (Phi) is 2.54. The van der Waals surface area contributed by atoms with E-state index in [0.717, 1.165) is 13.0 Å². The summed E-state index contributed by atoms with van der Waals surface area (Å²) in [5, 5.41) is 0. The molecule has 2 fully saturated rings. The molecule has 2 unspecified atom stereocenters. The first kappa shape index (κ1) is 9.00. The van der Waals surface area contributed by atoms with Gasteiger partial charge >= 0.3 is 5.97 Å². The molecule has 2 aliphatic heterocycles. The van der Waals surface area contributed by atoms with Crippen molar-refractivity contribution in [2.24, 2.45) is 0 Å². The molecule has 0 aromatic rings. The van der Waals surface area contributed by atoms with E-state index in [2.05, 4.69) is 4.90 Å². The first-order valence-corrected chi connectivity index (χ1v) is 5.16. The van der Waals surface area contributed by atoms with Crippen LogP contribution in [0.15, 0.2) is 0 Å². The third-order valence-corrected chi connectivity index (χ3v) is 3.31. The topological polar surface area (TPSA) is 29.5 Å². The number of nitrogens with zero attached hydrogens (tertiary/aromatic N) is 1. The summed E-state index contributed by atoms with van der Waals surface area (Å²) < 4.78 is 4.82. The summed E-state index contributed by atoms with van der Waals surface area (Å²) in [6, 6.07) is 0.726. The van der Waals surface area contributed by atoms with Crippen LogP contribution in [0.1, 0.15) is 32.1 Å². The number of ether oxygens (including phenoxy) is 1. The van der Waals surface area contributed by atoms with Crippen molar-refractivity contribution in [3.63, 3.8) is 0 Å². The normalized spacial score (nSPS) is 34.2. The standard InChI is InChI=1S/C10H17NO2/c1-13-10(12)9-6-2-4-8-5-3-7-11(8)9/h8-9H,2-7H2,1H3. The van der Waals surface area contributed by atoms with Crippen LogP contribution in [0.2, 0.25) is 0 Å². The van der Waals surface area contributed by atoms with Gasteiger partial charge in [0, 0.05) is 6.04 Å². The summed E-state index contributed by atoms with van der Waals surface area (Å²) in [5.41, 5.74) is 0. The fourth-order valence-corrected chi connectivity index (χ4v) is 2.68. The van der Waals surface area contributed by atoms with Gasteiger partial charge in [-0.2, -0.15) is 0 Å². The number of carbonyl (C=O) groups excluding carboxylic acids is 1. The van der Waals surface area contributed by atoms with Gasteiger partial charge in [0.2, 0.25) is 0 Å². The van der Waals surface area contributed by atoms with Crippen molar-refractivity contribution >= 4 is 5.97 Å². The van der Waals surface area contributed by atoms with Crippen LogP contribution in [-0.2, 0) is 9.53 Å². The van der Waals surface area contributed by atoms with Gasteiger partial charge in [-0.15, -0.1) is 0 Å². The minimum Gasteiger partial charge on any atom is -0.468 e. The fraction of sp³-hybridized carbons (Fsp3) is 0.900. The van der Waals surface area contributed by atoms with Gasteiger partial charge in [-0.25, -0.2) is 0 Å². The van der Waals surface area contributed by atoms with Gasteiger partial charge in [-0.1, -0.05) is 0 Å². The summed E-state index contributed by atoms with van der Waals surface area (Å²) in [6.07, 6.45) is 5.96. The molecule has 3 heteroatoms. The molecule has 2 rings (SSSR count). The second-order valence-corrected chi connectivity index (χ2v) is 4.00. The van der Waals surface area contributed by atoms with Crippen molar-refractivity contribution in [2.45, 2.75) is 44.2 Å². The third-order valence-electron chi connectivity index (χ3n) is 3.31. The molecule has 0 amide bonds. The molecule has 3 nitrogen and oxygen atoms in total. The number of esters is 1. The first-order chi connectivity index (χ1) is 6.33. The number of piperidine rings is 1. The molecule has 2 aliphatic rings. The molecular formula is C10H17NO2. The van der Waals surface area contributed by atoms with E-state index in [4.69, 9.17) is 4.74 Å². The molecule has 0 aliphatic carbocycles. The molecule has 0 radical (unpaired) electrons. The van der Waals surface area contributed by atoms with Gasteiger partial charge < -0.3 is 4.74 Å². The highest BCUT2D eigenvalue weighted by molar-refractivity contribution is 5.75. The van der Waals surface area contributed by atoms with Crippen molar-refractivity contribution in [3.05, 3.63) is 0 Å². The molecule has 13 heavy (non-hydrogen) atoms. The molecule has 0 bridgehead atoms. The smallest absolute Gasteiger partial charge is 0.323 e. The molecule has 2 atom stereocenters. The number of hydrogen-bond donors (Lipinski definition) is 0. The minimum atomic E-state index is -0.0356. The maximum Gasteiger partial charge on any atom is 0.323 e. The zero-order chi connectivity index (χ0) is 9.26. The molecule has 0 spiro atoms. The van der Waals surface area contributed by atoms with E-state index in [-0.39, 0.29) is 12.0 Å². The van der Waals surface area contributed by atoms with Gasteiger partial charge in [0.25, 0.3) is 0 Å². The van der Waals surface area contributed by atoms with Crippen molar-refractivity contribution in [1.29, 1.82) is 0 Å². The summed E-state index contributed by atoms with van der Waals surface area (Å²) in [7, 11) is 1.49. The molecular weight excluding hydrogens is 166 g/mol. The van der Waals surface area contributed by atoms with Crippen molar-refractivity contribution in [1.82, 2.24) is 4.90 Å². The van der Waals surface area contributed by atoms with Crippen LogP contribution in [-0.4, -0.2) is 36.6 Å². The summed E-state index contributed by atoms with van der Waals surface area (Å²) in [6.45, 7) is 1.09. The SMILES string of the molecule is COC(=O)C1CCCC2CCCN21. The molecule has 2 saturated heterocycles. The van der Waals surface area contributed by atoms with Crippen LogP contribution in [0.3, 0.4) is 0 Å². The minimum absolute atomic E-state index is 0.0356. The average Bonchev–Trinajstić information content (AvgIpc) is 2.63. The van der Waals surface area contributed by atoms with Crippen LogP contribution in [0, 0.1) is 0 Å². The van der Waals surface area contributed by atoms with Crippen LogP contribution in [0.5, 0.6) is 0 Å².